The average Bonchev–Trinajstić information content (AvgIpc) is 3.03. The zero-order valence-corrected chi connectivity index (χ0v) is 18.9. The predicted octanol–water partition coefficient (Wildman–Crippen LogP) is 2.66. The van der Waals surface area contributed by atoms with Gasteiger partial charge in [-0.1, -0.05) is 19.3 Å². The zero-order valence-electron chi connectivity index (χ0n) is 18.1. The van der Waals surface area contributed by atoms with Crippen LogP contribution in [0, 0.1) is 19.8 Å². The van der Waals surface area contributed by atoms with Gasteiger partial charge in [-0.25, -0.2) is 13.2 Å². The number of carbonyl (C=O) groups excluding carboxylic acids is 2. The number of hydrogen-bond acceptors (Lipinski definition) is 5. The Morgan fingerprint density at radius 3 is 2.47 bits per heavy atom. The van der Waals surface area contributed by atoms with Crippen LogP contribution in [0.25, 0.3) is 0 Å². The van der Waals surface area contributed by atoms with E-state index in [-0.39, 0.29) is 41.5 Å². The lowest BCUT2D eigenvalue weighted by Gasteiger charge is -2.33. The molecule has 30 heavy (non-hydrogen) atoms. The predicted molar refractivity (Wildman–Crippen MR) is 113 cm³/mol. The van der Waals surface area contributed by atoms with E-state index >= 15 is 0 Å². The third-order valence-electron chi connectivity index (χ3n) is 6.10. The average molecular weight is 440 g/mol. The van der Waals surface area contributed by atoms with Crippen molar-refractivity contribution in [1.82, 2.24) is 14.6 Å². The molecule has 8 nitrogen and oxygen atoms in total. The topological polar surface area (TPSA) is 109 Å². The van der Waals surface area contributed by atoms with E-state index in [1.165, 1.54) is 10.7 Å². The maximum absolute atomic E-state index is 13.5. The normalized spacial score (nSPS) is 21.4. The fourth-order valence-corrected chi connectivity index (χ4v) is 6.54. The van der Waals surface area contributed by atoms with Crippen molar-refractivity contribution in [3.8, 4) is 0 Å². The molecular weight excluding hydrogens is 406 g/mol. The van der Waals surface area contributed by atoms with E-state index in [2.05, 4.69) is 10.3 Å². The number of nitrogens with zero attached hydrogens (tertiary/aromatic N) is 1. The fraction of sp³-hybridized carbons (Fsp3) is 0.714. The van der Waals surface area contributed by atoms with Gasteiger partial charge in [0, 0.05) is 30.5 Å². The second kappa shape index (κ2) is 9.51. The molecule has 0 unspecified atom stereocenters. The van der Waals surface area contributed by atoms with Crippen molar-refractivity contribution in [3.05, 3.63) is 17.0 Å². The molecule has 3 rings (SSSR count). The molecule has 1 aromatic heterocycles. The first-order valence-corrected chi connectivity index (χ1v) is 12.4. The van der Waals surface area contributed by atoms with Gasteiger partial charge in [0.1, 0.15) is 10.5 Å². The van der Waals surface area contributed by atoms with Crippen molar-refractivity contribution in [2.45, 2.75) is 76.7 Å². The molecule has 0 radical (unpaired) electrons. The van der Waals surface area contributed by atoms with Crippen LogP contribution in [0.3, 0.4) is 0 Å². The third-order valence-corrected chi connectivity index (χ3v) is 8.14. The molecule has 2 heterocycles. The molecule has 0 bridgehead atoms. The van der Waals surface area contributed by atoms with Gasteiger partial charge in [-0.3, -0.25) is 4.79 Å². The second-order valence-corrected chi connectivity index (χ2v) is 10.2. The summed E-state index contributed by atoms with van der Waals surface area (Å²) in [6.45, 7) is 5.61. The van der Waals surface area contributed by atoms with E-state index in [9.17, 15) is 18.0 Å². The first-order valence-electron chi connectivity index (χ1n) is 10.9. The van der Waals surface area contributed by atoms with Crippen LogP contribution in [0.15, 0.2) is 4.90 Å². The number of ether oxygens (including phenoxy) is 1. The Hall–Kier alpha value is -1.87. The summed E-state index contributed by atoms with van der Waals surface area (Å²) in [7, 11) is -3.94. The van der Waals surface area contributed by atoms with Crippen molar-refractivity contribution in [3.63, 3.8) is 0 Å². The molecule has 1 aliphatic carbocycles. The molecule has 0 aromatic carbocycles. The third kappa shape index (κ3) is 4.72. The Bertz CT molecular complexity index is 887. The molecule has 1 amide bonds. The highest BCUT2D eigenvalue weighted by Gasteiger charge is 2.38. The number of esters is 1. The van der Waals surface area contributed by atoms with Crippen LogP contribution in [0.5, 0.6) is 0 Å². The van der Waals surface area contributed by atoms with Gasteiger partial charge in [0.15, 0.2) is 0 Å². The number of piperidine rings is 1. The lowest BCUT2D eigenvalue weighted by molar-refractivity contribution is -0.127. The number of H-pyrrole nitrogens is 1. The summed E-state index contributed by atoms with van der Waals surface area (Å²) >= 11 is 0. The highest BCUT2D eigenvalue weighted by Crippen LogP contribution is 2.31. The first kappa shape index (κ1) is 22.8. The smallest absolute Gasteiger partial charge is 0.341 e. The van der Waals surface area contributed by atoms with E-state index in [0.717, 1.165) is 25.7 Å². The largest absolute Gasteiger partial charge is 0.462 e. The quantitative estimate of drug-likeness (QED) is 0.663. The van der Waals surface area contributed by atoms with Crippen LogP contribution in [0.2, 0.25) is 0 Å². The van der Waals surface area contributed by atoms with E-state index in [4.69, 9.17) is 4.74 Å². The van der Waals surface area contributed by atoms with Crippen molar-refractivity contribution in [2.75, 3.05) is 19.7 Å². The van der Waals surface area contributed by atoms with E-state index < -0.39 is 16.0 Å². The highest BCUT2D eigenvalue weighted by atomic mass is 32.2. The van der Waals surface area contributed by atoms with Gasteiger partial charge in [0.25, 0.3) is 0 Å². The van der Waals surface area contributed by atoms with Crippen LogP contribution in [-0.4, -0.2) is 55.3 Å². The van der Waals surface area contributed by atoms with Crippen LogP contribution < -0.4 is 5.32 Å². The van der Waals surface area contributed by atoms with Crippen molar-refractivity contribution in [1.29, 1.82) is 0 Å². The number of carbonyl (C=O) groups is 2. The first-order chi connectivity index (χ1) is 14.3. The maximum atomic E-state index is 13.5. The number of aromatic nitrogens is 1. The Morgan fingerprint density at radius 2 is 1.80 bits per heavy atom. The van der Waals surface area contributed by atoms with Gasteiger partial charge in [0.2, 0.25) is 15.9 Å². The van der Waals surface area contributed by atoms with Crippen molar-refractivity contribution >= 4 is 21.9 Å². The molecule has 1 aromatic rings. The van der Waals surface area contributed by atoms with E-state index in [1.54, 1.807) is 20.8 Å². The zero-order chi connectivity index (χ0) is 21.9. The molecule has 2 fully saturated rings. The van der Waals surface area contributed by atoms with Gasteiger partial charge in [-0.05, 0) is 46.5 Å². The summed E-state index contributed by atoms with van der Waals surface area (Å²) in [5.41, 5.74) is 0.931. The summed E-state index contributed by atoms with van der Waals surface area (Å²) in [5, 5.41) is 3.12. The van der Waals surface area contributed by atoms with Gasteiger partial charge in [-0.15, -0.1) is 0 Å². The summed E-state index contributed by atoms with van der Waals surface area (Å²) in [4.78, 5) is 28.2. The molecule has 1 atom stereocenters. The molecular formula is C21H33N3O5S. The maximum Gasteiger partial charge on any atom is 0.341 e. The van der Waals surface area contributed by atoms with Gasteiger partial charge < -0.3 is 15.0 Å². The van der Waals surface area contributed by atoms with E-state index in [0.29, 0.717) is 30.8 Å². The van der Waals surface area contributed by atoms with Crippen LogP contribution in [0.4, 0.5) is 0 Å². The molecule has 168 valence electrons. The number of nitrogens with one attached hydrogen (secondary N) is 2. The van der Waals surface area contributed by atoms with Crippen molar-refractivity contribution in [2.24, 2.45) is 5.92 Å². The lowest BCUT2D eigenvalue weighted by atomic mass is 9.93. The fourth-order valence-electron chi connectivity index (χ4n) is 4.60. The van der Waals surface area contributed by atoms with Crippen molar-refractivity contribution < 1.29 is 22.7 Å². The van der Waals surface area contributed by atoms with E-state index in [1.807, 2.05) is 0 Å². The minimum atomic E-state index is -3.94. The van der Waals surface area contributed by atoms with Crippen LogP contribution in [0.1, 0.15) is 73.6 Å². The summed E-state index contributed by atoms with van der Waals surface area (Å²) in [6.07, 6.45) is 6.72. The second-order valence-electron chi connectivity index (χ2n) is 8.35. The van der Waals surface area contributed by atoms with Gasteiger partial charge in [0.05, 0.1) is 12.5 Å². The van der Waals surface area contributed by atoms with Gasteiger partial charge in [-0.2, -0.15) is 4.31 Å². The Balaban J connectivity index is 1.79. The Labute approximate surface area is 178 Å². The molecule has 0 spiro atoms. The summed E-state index contributed by atoms with van der Waals surface area (Å²) < 4.78 is 33.4. The number of aromatic amines is 1. The Kier molecular flexibility index (Phi) is 7.23. The minimum absolute atomic E-state index is 0.0354. The molecule has 2 N–H and O–H groups in total. The SMILES string of the molecule is CCOC(=O)c1c(C)[nH]c(C)c1S(=O)(=O)N1CCC[C@H](C(=O)NC2CCCCC2)C1. The number of amides is 1. The molecule has 1 saturated heterocycles. The number of aryl methyl sites for hydroxylation is 2. The number of rotatable bonds is 6. The number of sulfonamides is 1. The Morgan fingerprint density at radius 1 is 1.10 bits per heavy atom. The summed E-state index contributed by atoms with van der Waals surface area (Å²) in [5.74, 6) is -1.09. The highest BCUT2D eigenvalue weighted by molar-refractivity contribution is 7.89. The molecule has 9 heteroatoms. The standard InChI is InChI=1S/C21H33N3O5S/c1-4-29-21(26)18-14(2)22-15(3)19(18)30(27,28)24-12-8-9-16(13-24)20(25)23-17-10-6-5-7-11-17/h16-17,22H,4-13H2,1-3H3,(H,23,25)/t16-/m0/s1. The summed E-state index contributed by atoms with van der Waals surface area (Å²) in [6, 6.07) is 0.197. The molecule has 1 saturated carbocycles. The lowest BCUT2D eigenvalue weighted by Crippen LogP contribution is -2.48. The number of hydrogen-bond donors (Lipinski definition) is 2. The van der Waals surface area contributed by atoms with Crippen LogP contribution >= 0.6 is 0 Å². The monoisotopic (exact) mass is 439 g/mol. The van der Waals surface area contributed by atoms with Gasteiger partial charge >= 0.3 is 5.97 Å². The van der Waals surface area contributed by atoms with Crippen LogP contribution in [-0.2, 0) is 19.6 Å². The molecule has 2 aliphatic rings. The molecule has 1 aliphatic heterocycles. The minimum Gasteiger partial charge on any atom is -0.462 e.